The zero-order chi connectivity index (χ0) is 8.97. The van der Waals surface area contributed by atoms with Gasteiger partial charge in [0.1, 0.15) is 0 Å². The second kappa shape index (κ2) is 3.67. The van der Waals surface area contributed by atoms with E-state index < -0.39 is 11.7 Å². The molecular weight excluding hydrogens is 180 g/mol. The lowest BCUT2D eigenvalue weighted by Gasteiger charge is -1.96. The Morgan fingerprint density at radius 3 is 3.08 bits per heavy atom. The number of amides is 1. The van der Waals surface area contributed by atoms with Gasteiger partial charge in [0.05, 0.1) is 0 Å². The smallest absolute Gasteiger partial charge is 0.296 e. The van der Waals surface area contributed by atoms with E-state index in [1.165, 1.54) is 17.5 Å². The molecule has 1 rings (SSSR count). The molecule has 0 spiro atoms. The summed E-state index contributed by atoms with van der Waals surface area (Å²) in [6.45, 7) is 0. The number of carbonyl (C=O) groups excluding carboxylic acids is 1. The summed E-state index contributed by atoms with van der Waals surface area (Å²) in [6.07, 6.45) is 1.53. The highest BCUT2D eigenvalue weighted by Gasteiger charge is 2.08. The van der Waals surface area contributed by atoms with Crippen LogP contribution < -0.4 is 11.1 Å². The SMILES string of the molecule is N/C(=N\O)C(=O)Nc1nccs1. The van der Waals surface area contributed by atoms with E-state index in [-0.39, 0.29) is 0 Å². The van der Waals surface area contributed by atoms with Crippen molar-refractivity contribution in [2.24, 2.45) is 10.9 Å². The van der Waals surface area contributed by atoms with Crippen LogP contribution in [-0.2, 0) is 4.79 Å². The summed E-state index contributed by atoms with van der Waals surface area (Å²) >= 11 is 1.24. The number of anilines is 1. The summed E-state index contributed by atoms with van der Waals surface area (Å²) in [7, 11) is 0. The summed E-state index contributed by atoms with van der Waals surface area (Å²) in [5.74, 6) is -1.17. The van der Waals surface area contributed by atoms with E-state index in [1.54, 1.807) is 5.38 Å². The van der Waals surface area contributed by atoms with Crippen molar-refractivity contribution in [3.05, 3.63) is 11.6 Å². The van der Waals surface area contributed by atoms with Gasteiger partial charge in [0.15, 0.2) is 5.13 Å². The fourth-order valence-electron chi connectivity index (χ4n) is 0.492. The molecule has 0 aliphatic rings. The minimum Gasteiger partial charge on any atom is -0.409 e. The van der Waals surface area contributed by atoms with Crippen LogP contribution >= 0.6 is 11.3 Å². The molecule has 1 aromatic rings. The number of nitrogens with one attached hydrogen (secondary N) is 1. The first kappa shape index (κ1) is 8.47. The van der Waals surface area contributed by atoms with Crippen molar-refractivity contribution in [3.63, 3.8) is 0 Å². The number of hydrogen-bond donors (Lipinski definition) is 3. The number of oxime groups is 1. The normalized spacial score (nSPS) is 11.2. The van der Waals surface area contributed by atoms with Crippen molar-refractivity contribution in [3.8, 4) is 0 Å². The fourth-order valence-corrected chi connectivity index (χ4v) is 1.02. The van der Waals surface area contributed by atoms with E-state index in [0.29, 0.717) is 5.13 Å². The van der Waals surface area contributed by atoms with Crippen LogP contribution in [0.3, 0.4) is 0 Å². The second-order valence-corrected chi connectivity index (χ2v) is 2.67. The van der Waals surface area contributed by atoms with Crippen LogP contribution in [-0.4, -0.2) is 21.9 Å². The number of hydrogen-bond acceptors (Lipinski definition) is 5. The van der Waals surface area contributed by atoms with E-state index in [4.69, 9.17) is 10.9 Å². The van der Waals surface area contributed by atoms with E-state index in [2.05, 4.69) is 15.5 Å². The zero-order valence-corrected chi connectivity index (χ0v) is 6.71. The third-order valence-corrected chi connectivity index (χ3v) is 1.68. The van der Waals surface area contributed by atoms with Crippen LogP contribution in [0, 0.1) is 0 Å². The number of nitrogens with two attached hydrogens (primary N) is 1. The van der Waals surface area contributed by atoms with E-state index in [1.807, 2.05) is 0 Å². The Morgan fingerprint density at radius 2 is 2.58 bits per heavy atom. The zero-order valence-electron chi connectivity index (χ0n) is 5.89. The quantitative estimate of drug-likeness (QED) is 0.245. The fraction of sp³-hybridized carbons (Fsp3) is 0. The van der Waals surface area contributed by atoms with Gasteiger partial charge in [-0.1, -0.05) is 5.16 Å². The van der Waals surface area contributed by atoms with Crippen LogP contribution in [0.25, 0.3) is 0 Å². The highest BCUT2D eigenvalue weighted by Crippen LogP contribution is 2.09. The predicted molar refractivity (Wildman–Crippen MR) is 44.2 cm³/mol. The number of aromatic nitrogens is 1. The summed E-state index contributed by atoms with van der Waals surface area (Å²) in [5.41, 5.74) is 5.00. The van der Waals surface area contributed by atoms with E-state index in [9.17, 15) is 4.79 Å². The first-order valence-electron chi connectivity index (χ1n) is 2.92. The Morgan fingerprint density at radius 1 is 1.83 bits per heavy atom. The van der Waals surface area contributed by atoms with Gasteiger partial charge < -0.3 is 10.9 Å². The monoisotopic (exact) mass is 186 g/mol. The van der Waals surface area contributed by atoms with Gasteiger partial charge in [-0.2, -0.15) is 0 Å². The van der Waals surface area contributed by atoms with Gasteiger partial charge in [-0.25, -0.2) is 4.98 Å². The van der Waals surface area contributed by atoms with Crippen molar-refractivity contribution in [2.45, 2.75) is 0 Å². The molecule has 64 valence electrons. The van der Waals surface area contributed by atoms with E-state index >= 15 is 0 Å². The van der Waals surface area contributed by atoms with Gasteiger partial charge in [-0.05, 0) is 0 Å². The highest BCUT2D eigenvalue weighted by atomic mass is 32.1. The number of nitrogens with zero attached hydrogens (tertiary/aromatic N) is 2. The molecule has 0 aromatic carbocycles. The molecular formula is C5H6N4O2S. The Bertz CT molecular complexity index is 294. The molecule has 0 unspecified atom stereocenters. The van der Waals surface area contributed by atoms with Crippen molar-refractivity contribution in [1.82, 2.24) is 4.98 Å². The van der Waals surface area contributed by atoms with Gasteiger partial charge in [0, 0.05) is 11.6 Å². The first-order valence-corrected chi connectivity index (χ1v) is 3.80. The second-order valence-electron chi connectivity index (χ2n) is 1.78. The van der Waals surface area contributed by atoms with Gasteiger partial charge in [0.25, 0.3) is 5.91 Å². The van der Waals surface area contributed by atoms with Crippen molar-refractivity contribution in [1.29, 1.82) is 0 Å². The lowest BCUT2D eigenvalue weighted by atomic mass is 10.6. The molecule has 0 bridgehead atoms. The molecule has 1 heterocycles. The molecule has 0 saturated heterocycles. The van der Waals surface area contributed by atoms with Crippen molar-refractivity contribution >= 4 is 28.2 Å². The van der Waals surface area contributed by atoms with Crippen LogP contribution in [0.5, 0.6) is 0 Å². The first-order chi connectivity index (χ1) is 5.74. The van der Waals surface area contributed by atoms with Crippen molar-refractivity contribution in [2.75, 3.05) is 5.32 Å². The molecule has 0 radical (unpaired) electrons. The standard InChI is InChI=1S/C5H6N4O2S/c6-3(9-11)4(10)8-5-7-1-2-12-5/h1-2,11H,(H2,6,9)(H,7,8,10). The molecule has 4 N–H and O–H groups in total. The molecule has 0 aliphatic carbocycles. The summed E-state index contributed by atoms with van der Waals surface area (Å²) in [4.78, 5) is 14.6. The van der Waals surface area contributed by atoms with Crippen LogP contribution in [0.15, 0.2) is 16.7 Å². The maximum Gasteiger partial charge on any atom is 0.296 e. The molecule has 12 heavy (non-hydrogen) atoms. The van der Waals surface area contributed by atoms with Crippen LogP contribution in [0.1, 0.15) is 0 Å². The molecule has 0 fully saturated rings. The maximum absolute atomic E-state index is 10.9. The summed E-state index contributed by atoms with van der Waals surface area (Å²) in [6, 6.07) is 0. The average molecular weight is 186 g/mol. The molecule has 0 saturated carbocycles. The maximum atomic E-state index is 10.9. The lowest BCUT2D eigenvalue weighted by Crippen LogP contribution is -2.29. The van der Waals surface area contributed by atoms with Gasteiger partial charge in [0.2, 0.25) is 5.84 Å². The Hall–Kier alpha value is -1.63. The molecule has 1 amide bonds. The van der Waals surface area contributed by atoms with Gasteiger partial charge >= 0.3 is 0 Å². The minimum atomic E-state index is -0.674. The van der Waals surface area contributed by atoms with Gasteiger partial charge in [-0.3, -0.25) is 10.1 Å². The summed E-state index contributed by atoms with van der Waals surface area (Å²) < 4.78 is 0. The van der Waals surface area contributed by atoms with Crippen molar-refractivity contribution < 1.29 is 10.0 Å². The lowest BCUT2D eigenvalue weighted by molar-refractivity contribution is -0.110. The molecule has 7 heteroatoms. The van der Waals surface area contributed by atoms with Crippen LogP contribution in [0.2, 0.25) is 0 Å². The van der Waals surface area contributed by atoms with Gasteiger partial charge in [-0.15, -0.1) is 11.3 Å². The predicted octanol–water partition coefficient (Wildman–Crippen LogP) is -0.172. The average Bonchev–Trinajstić information content (AvgIpc) is 2.55. The largest absolute Gasteiger partial charge is 0.409 e. The number of amidine groups is 1. The Kier molecular flexibility index (Phi) is 2.59. The third kappa shape index (κ3) is 1.92. The molecule has 1 aromatic heterocycles. The Balaban J connectivity index is 2.59. The Labute approximate surface area is 71.7 Å². The molecule has 6 nitrogen and oxygen atoms in total. The number of carbonyl (C=O) groups is 1. The topological polar surface area (TPSA) is 101 Å². The minimum absolute atomic E-state index is 0.409. The number of thiazole rings is 1. The highest BCUT2D eigenvalue weighted by molar-refractivity contribution is 7.13. The molecule has 0 aliphatic heterocycles. The van der Waals surface area contributed by atoms with Crippen LogP contribution in [0.4, 0.5) is 5.13 Å². The number of rotatable bonds is 1. The third-order valence-electron chi connectivity index (χ3n) is 0.993. The molecule has 0 atom stereocenters. The van der Waals surface area contributed by atoms with E-state index in [0.717, 1.165) is 0 Å². The summed E-state index contributed by atoms with van der Waals surface area (Å²) in [5, 5.41) is 15.1.